The van der Waals surface area contributed by atoms with Gasteiger partial charge < -0.3 is 14.5 Å². The van der Waals surface area contributed by atoms with Gasteiger partial charge in [-0.05, 0) is 43.3 Å². The Morgan fingerprint density at radius 2 is 1.82 bits per heavy atom. The van der Waals surface area contributed by atoms with Gasteiger partial charge in [0.2, 0.25) is 0 Å². The predicted octanol–water partition coefficient (Wildman–Crippen LogP) is 3.65. The number of nitrogens with zero attached hydrogens (tertiary/aromatic N) is 3. The normalized spacial score (nSPS) is 14.4. The molecule has 1 aliphatic heterocycles. The summed E-state index contributed by atoms with van der Waals surface area (Å²) in [6, 6.07) is 14.3. The Kier molecular flexibility index (Phi) is 4.86. The number of aromatic nitrogens is 1. The van der Waals surface area contributed by atoms with Crippen molar-refractivity contribution in [2.24, 2.45) is 0 Å². The molecule has 28 heavy (non-hydrogen) atoms. The van der Waals surface area contributed by atoms with Gasteiger partial charge in [-0.1, -0.05) is 12.1 Å². The van der Waals surface area contributed by atoms with Gasteiger partial charge in [-0.25, -0.2) is 4.39 Å². The van der Waals surface area contributed by atoms with Crippen LogP contribution in [0.5, 0.6) is 5.75 Å². The average Bonchev–Trinajstić information content (AvgIpc) is 2.73. The standard InChI is InChI=1S/C22H22FN3O2/c1-15-18(14-16-13-17(28-2)7-8-20(16)24-15)22(27)26-11-9-25(10-12-26)21-6-4-3-5-19(21)23/h3-8,13-14H,9-12H2,1-2H3. The molecule has 0 saturated carbocycles. The summed E-state index contributed by atoms with van der Waals surface area (Å²) in [6.45, 7) is 4.14. The molecule has 0 bridgehead atoms. The molecule has 1 aliphatic rings. The number of anilines is 1. The number of amides is 1. The first-order chi connectivity index (χ1) is 13.6. The van der Waals surface area contributed by atoms with Crippen molar-refractivity contribution in [3.05, 3.63) is 65.6 Å². The van der Waals surface area contributed by atoms with Crippen molar-refractivity contribution < 1.29 is 13.9 Å². The van der Waals surface area contributed by atoms with E-state index in [1.54, 1.807) is 19.2 Å². The molecule has 1 fully saturated rings. The third-order valence-corrected chi connectivity index (χ3v) is 5.20. The van der Waals surface area contributed by atoms with Gasteiger partial charge in [-0.15, -0.1) is 0 Å². The third-order valence-electron chi connectivity index (χ3n) is 5.20. The predicted molar refractivity (Wildman–Crippen MR) is 108 cm³/mol. The number of piperazine rings is 1. The van der Waals surface area contributed by atoms with Crippen molar-refractivity contribution in [1.82, 2.24) is 9.88 Å². The molecule has 0 spiro atoms. The van der Waals surface area contributed by atoms with E-state index < -0.39 is 0 Å². The maximum absolute atomic E-state index is 14.0. The number of carbonyl (C=O) groups is 1. The van der Waals surface area contributed by atoms with E-state index in [-0.39, 0.29) is 11.7 Å². The third kappa shape index (κ3) is 3.38. The highest BCUT2D eigenvalue weighted by molar-refractivity contribution is 5.99. The first-order valence-electron chi connectivity index (χ1n) is 9.31. The van der Waals surface area contributed by atoms with Crippen molar-refractivity contribution in [3.8, 4) is 5.75 Å². The summed E-state index contributed by atoms with van der Waals surface area (Å²) >= 11 is 0. The van der Waals surface area contributed by atoms with Gasteiger partial charge in [0, 0.05) is 31.6 Å². The number of rotatable bonds is 3. The molecule has 3 aromatic rings. The number of hydrogen-bond acceptors (Lipinski definition) is 4. The molecule has 1 aromatic heterocycles. The van der Waals surface area contributed by atoms with E-state index in [1.807, 2.05) is 47.1 Å². The van der Waals surface area contributed by atoms with Crippen LogP contribution in [0.1, 0.15) is 16.1 Å². The van der Waals surface area contributed by atoms with Crippen molar-refractivity contribution in [1.29, 1.82) is 0 Å². The number of fused-ring (bicyclic) bond motifs is 1. The molecule has 4 rings (SSSR count). The molecule has 0 radical (unpaired) electrons. The van der Waals surface area contributed by atoms with Crippen LogP contribution in [0, 0.1) is 12.7 Å². The monoisotopic (exact) mass is 379 g/mol. The van der Waals surface area contributed by atoms with Crippen LogP contribution in [0.15, 0.2) is 48.5 Å². The minimum absolute atomic E-state index is 0.0390. The molecule has 1 amide bonds. The fraction of sp³-hybridized carbons (Fsp3) is 0.273. The zero-order valence-corrected chi connectivity index (χ0v) is 16.0. The van der Waals surface area contributed by atoms with Crippen LogP contribution in [0.4, 0.5) is 10.1 Å². The molecule has 6 heteroatoms. The van der Waals surface area contributed by atoms with E-state index in [0.717, 1.165) is 16.7 Å². The van der Waals surface area contributed by atoms with Gasteiger partial charge in [-0.3, -0.25) is 9.78 Å². The van der Waals surface area contributed by atoms with E-state index in [4.69, 9.17) is 4.74 Å². The SMILES string of the molecule is COc1ccc2nc(C)c(C(=O)N3CCN(c4ccccc4F)CC3)cc2c1. The highest BCUT2D eigenvalue weighted by Crippen LogP contribution is 2.24. The van der Waals surface area contributed by atoms with Crippen molar-refractivity contribution in [2.45, 2.75) is 6.92 Å². The van der Waals surface area contributed by atoms with Crippen LogP contribution < -0.4 is 9.64 Å². The minimum atomic E-state index is -0.231. The maximum Gasteiger partial charge on any atom is 0.255 e. The van der Waals surface area contributed by atoms with Crippen LogP contribution in [0.2, 0.25) is 0 Å². The Hall–Kier alpha value is -3.15. The number of hydrogen-bond donors (Lipinski definition) is 0. The molecule has 0 atom stereocenters. The second kappa shape index (κ2) is 7.46. The van der Waals surface area contributed by atoms with Crippen LogP contribution >= 0.6 is 0 Å². The zero-order valence-electron chi connectivity index (χ0n) is 16.0. The number of aryl methyl sites for hydroxylation is 1. The van der Waals surface area contributed by atoms with Crippen molar-refractivity contribution >= 4 is 22.5 Å². The average molecular weight is 379 g/mol. The first kappa shape index (κ1) is 18.2. The molecular weight excluding hydrogens is 357 g/mol. The molecule has 0 N–H and O–H groups in total. The van der Waals surface area contributed by atoms with Crippen molar-refractivity contribution in [2.75, 3.05) is 38.2 Å². The maximum atomic E-state index is 14.0. The lowest BCUT2D eigenvalue weighted by Crippen LogP contribution is -2.49. The van der Waals surface area contributed by atoms with Crippen molar-refractivity contribution in [3.63, 3.8) is 0 Å². The molecular formula is C22H22FN3O2. The zero-order chi connectivity index (χ0) is 19.7. The topological polar surface area (TPSA) is 45.7 Å². The Bertz CT molecular complexity index is 1030. The lowest BCUT2D eigenvalue weighted by Gasteiger charge is -2.36. The number of pyridine rings is 1. The molecule has 0 unspecified atom stereocenters. The van der Waals surface area contributed by atoms with E-state index in [0.29, 0.717) is 43.1 Å². The molecule has 2 aromatic carbocycles. The number of ether oxygens (including phenoxy) is 1. The fourth-order valence-electron chi connectivity index (χ4n) is 3.62. The lowest BCUT2D eigenvalue weighted by atomic mass is 10.1. The van der Waals surface area contributed by atoms with Crippen LogP contribution in [-0.4, -0.2) is 49.1 Å². The van der Waals surface area contributed by atoms with E-state index >= 15 is 0 Å². The van der Waals surface area contributed by atoms with E-state index in [2.05, 4.69) is 4.98 Å². The summed E-state index contributed by atoms with van der Waals surface area (Å²) in [5.41, 5.74) is 2.73. The smallest absolute Gasteiger partial charge is 0.255 e. The minimum Gasteiger partial charge on any atom is -0.497 e. The summed E-state index contributed by atoms with van der Waals surface area (Å²) < 4.78 is 19.3. The van der Waals surface area contributed by atoms with Gasteiger partial charge in [0.25, 0.3) is 5.91 Å². The molecule has 5 nitrogen and oxygen atoms in total. The van der Waals surface area contributed by atoms with Gasteiger partial charge in [0.05, 0.1) is 29.6 Å². The van der Waals surface area contributed by atoms with Gasteiger partial charge >= 0.3 is 0 Å². The molecule has 2 heterocycles. The first-order valence-corrected chi connectivity index (χ1v) is 9.31. The highest BCUT2D eigenvalue weighted by atomic mass is 19.1. The molecule has 144 valence electrons. The summed E-state index contributed by atoms with van der Waals surface area (Å²) in [5.74, 6) is 0.462. The van der Waals surface area contributed by atoms with E-state index in [9.17, 15) is 9.18 Å². The van der Waals surface area contributed by atoms with Gasteiger partial charge in [0.1, 0.15) is 11.6 Å². The summed E-state index contributed by atoms with van der Waals surface area (Å²) in [7, 11) is 1.61. The number of para-hydroxylation sites is 1. The molecule has 1 saturated heterocycles. The van der Waals surface area contributed by atoms with E-state index in [1.165, 1.54) is 6.07 Å². The number of methoxy groups -OCH3 is 1. The quantitative estimate of drug-likeness (QED) is 0.697. The Balaban J connectivity index is 1.54. The summed E-state index contributed by atoms with van der Waals surface area (Å²) in [6.07, 6.45) is 0. The number of benzene rings is 2. The second-order valence-electron chi connectivity index (χ2n) is 6.91. The highest BCUT2D eigenvalue weighted by Gasteiger charge is 2.25. The lowest BCUT2D eigenvalue weighted by molar-refractivity contribution is 0.0745. The molecule has 0 aliphatic carbocycles. The van der Waals surface area contributed by atoms with Crippen LogP contribution in [-0.2, 0) is 0 Å². The Morgan fingerprint density at radius 3 is 2.54 bits per heavy atom. The fourth-order valence-corrected chi connectivity index (χ4v) is 3.62. The number of carbonyl (C=O) groups excluding carboxylic acids is 1. The van der Waals surface area contributed by atoms with Crippen LogP contribution in [0.3, 0.4) is 0 Å². The second-order valence-corrected chi connectivity index (χ2v) is 6.91. The van der Waals surface area contributed by atoms with Gasteiger partial charge in [-0.2, -0.15) is 0 Å². The summed E-state index contributed by atoms with van der Waals surface area (Å²) in [4.78, 5) is 21.5. The Labute approximate surface area is 163 Å². The largest absolute Gasteiger partial charge is 0.497 e. The van der Waals surface area contributed by atoms with Crippen LogP contribution in [0.25, 0.3) is 10.9 Å². The number of halogens is 1. The Morgan fingerprint density at radius 1 is 1.07 bits per heavy atom. The van der Waals surface area contributed by atoms with Gasteiger partial charge in [0.15, 0.2) is 0 Å². The summed E-state index contributed by atoms with van der Waals surface area (Å²) in [5, 5.41) is 0.873.